The molecule has 3 aromatic carbocycles. The van der Waals surface area contributed by atoms with Crippen molar-refractivity contribution in [1.82, 2.24) is 25.2 Å². The van der Waals surface area contributed by atoms with Crippen molar-refractivity contribution in [1.29, 1.82) is 0 Å². The van der Waals surface area contributed by atoms with Crippen molar-refractivity contribution < 1.29 is 23.8 Å². The maximum Gasteiger partial charge on any atom is 0.251 e. The van der Waals surface area contributed by atoms with E-state index in [1.165, 1.54) is 12.1 Å². The number of aryl methyl sites for hydroxylation is 1. The van der Waals surface area contributed by atoms with E-state index in [1.807, 2.05) is 62.5 Å². The van der Waals surface area contributed by atoms with Crippen molar-refractivity contribution in [2.75, 3.05) is 25.6 Å². The molecule has 2 aromatic heterocycles. The number of halogens is 1. The Labute approximate surface area is 253 Å². The first-order valence-electron chi connectivity index (χ1n) is 14.2. The van der Waals surface area contributed by atoms with Gasteiger partial charge in [0.1, 0.15) is 17.8 Å². The van der Waals surface area contributed by atoms with Crippen LogP contribution in [0.15, 0.2) is 79.0 Å². The van der Waals surface area contributed by atoms with Crippen LogP contribution in [0.2, 0.25) is 0 Å². The zero-order chi connectivity index (χ0) is 30.8. The number of hydrogen-bond acceptors (Lipinski definition) is 8. The Morgan fingerprint density at radius 3 is 2.66 bits per heavy atom. The lowest BCUT2D eigenvalue weighted by Gasteiger charge is -2.20. The molecule has 1 saturated heterocycles. The van der Waals surface area contributed by atoms with Crippen molar-refractivity contribution in [2.45, 2.75) is 32.2 Å². The Bertz CT molecular complexity index is 1830. The van der Waals surface area contributed by atoms with E-state index >= 15 is 0 Å². The van der Waals surface area contributed by atoms with Gasteiger partial charge in [0.15, 0.2) is 5.65 Å². The molecule has 2 unspecified atom stereocenters. The number of benzene rings is 3. The second-order valence-corrected chi connectivity index (χ2v) is 11.1. The zero-order valence-corrected chi connectivity index (χ0v) is 24.6. The number of pyridine rings is 1. The summed E-state index contributed by atoms with van der Waals surface area (Å²) in [5.74, 6) is 0.498. The molecule has 0 aliphatic carbocycles. The Balaban J connectivity index is 1.16. The quantitative estimate of drug-likeness (QED) is 0.190. The molecule has 11 heteroatoms. The SMILES string of the molecule is COc1cc(C2NC(C)(CO)CO2)ccc1Nc1nc2ccc(-c3ccc(C(=O)NCc4ccc(F)cc4)c(C)c3)cn2n1. The highest BCUT2D eigenvalue weighted by Gasteiger charge is 2.35. The highest BCUT2D eigenvalue weighted by Crippen LogP contribution is 2.33. The Morgan fingerprint density at radius 2 is 1.93 bits per heavy atom. The fourth-order valence-electron chi connectivity index (χ4n) is 5.12. The van der Waals surface area contributed by atoms with Crippen LogP contribution in [0.25, 0.3) is 16.8 Å². The lowest BCUT2D eigenvalue weighted by atomic mass is 10.0. The number of aromatic nitrogens is 3. The summed E-state index contributed by atoms with van der Waals surface area (Å²) in [6.07, 6.45) is 1.54. The number of nitrogens with zero attached hydrogens (tertiary/aromatic N) is 3. The van der Waals surface area contributed by atoms with Gasteiger partial charge in [0.25, 0.3) is 5.91 Å². The van der Waals surface area contributed by atoms with Crippen LogP contribution >= 0.6 is 0 Å². The molecule has 0 bridgehead atoms. The number of methoxy groups -OCH3 is 1. The van der Waals surface area contributed by atoms with Crippen molar-refractivity contribution in [3.05, 3.63) is 107 Å². The van der Waals surface area contributed by atoms with Gasteiger partial charge in [0.05, 0.1) is 31.5 Å². The number of fused-ring (bicyclic) bond motifs is 1. The van der Waals surface area contributed by atoms with Crippen LogP contribution in [0.1, 0.15) is 40.2 Å². The minimum Gasteiger partial charge on any atom is -0.495 e. The number of aliphatic hydroxyl groups is 1. The molecular weight excluding hydrogens is 563 g/mol. The lowest BCUT2D eigenvalue weighted by molar-refractivity contribution is 0.0939. The number of carbonyl (C=O) groups is 1. The van der Waals surface area contributed by atoms with Gasteiger partial charge in [-0.1, -0.05) is 30.3 Å². The van der Waals surface area contributed by atoms with Gasteiger partial charge in [-0.2, -0.15) is 4.98 Å². The van der Waals surface area contributed by atoms with Crippen molar-refractivity contribution in [2.24, 2.45) is 0 Å². The van der Waals surface area contributed by atoms with Crippen LogP contribution in [0.5, 0.6) is 5.75 Å². The van der Waals surface area contributed by atoms with Gasteiger partial charge in [-0.05, 0) is 78.6 Å². The molecule has 3 heterocycles. The summed E-state index contributed by atoms with van der Waals surface area (Å²) < 4.78 is 26.3. The van der Waals surface area contributed by atoms with E-state index in [2.05, 4.69) is 26.0 Å². The monoisotopic (exact) mass is 596 g/mol. The van der Waals surface area contributed by atoms with Crippen molar-refractivity contribution in [3.63, 3.8) is 0 Å². The fourth-order valence-corrected chi connectivity index (χ4v) is 5.12. The third kappa shape index (κ3) is 6.11. The smallest absolute Gasteiger partial charge is 0.251 e. The van der Waals surface area contributed by atoms with Gasteiger partial charge in [0.2, 0.25) is 5.95 Å². The average molecular weight is 597 g/mol. The maximum absolute atomic E-state index is 13.2. The van der Waals surface area contributed by atoms with Gasteiger partial charge in [0, 0.05) is 23.9 Å². The number of nitrogens with one attached hydrogen (secondary N) is 3. The summed E-state index contributed by atoms with van der Waals surface area (Å²) in [6.45, 7) is 4.50. The van der Waals surface area contributed by atoms with E-state index in [0.717, 1.165) is 27.8 Å². The largest absolute Gasteiger partial charge is 0.495 e. The first kappa shape index (κ1) is 29.2. The summed E-state index contributed by atoms with van der Waals surface area (Å²) in [7, 11) is 1.59. The third-order valence-electron chi connectivity index (χ3n) is 7.67. The molecule has 1 aliphatic rings. The number of aliphatic hydroxyl groups excluding tert-OH is 1. The molecule has 0 radical (unpaired) electrons. The molecule has 5 aromatic rings. The number of ether oxygens (including phenoxy) is 2. The first-order chi connectivity index (χ1) is 21.2. The predicted octanol–water partition coefficient (Wildman–Crippen LogP) is 4.90. The molecule has 2 atom stereocenters. The highest BCUT2D eigenvalue weighted by molar-refractivity contribution is 5.96. The molecule has 1 aliphatic heterocycles. The molecule has 4 N–H and O–H groups in total. The third-order valence-corrected chi connectivity index (χ3v) is 7.67. The number of amides is 1. The van der Waals surface area contributed by atoms with Crippen molar-refractivity contribution in [3.8, 4) is 16.9 Å². The van der Waals surface area contributed by atoms with Crippen LogP contribution in [0, 0.1) is 12.7 Å². The van der Waals surface area contributed by atoms with Gasteiger partial charge >= 0.3 is 0 Å². The number of hydrogen-bond donors (Lipinski definition) is 4. The molecule has 6 rings (SSSR count). The normalized spacial score (nSPS) is 18.0. The fraction of sp³-hybridized carbons (Fsp3) is 0.242. The van der Waals surface area contributed by atoms with Crippen LogP contribution in [-0.2, 0) is 11.3 Å². The Morgan fingerprint density at radius 1 is 1.14 bits per heavy atom. The van der Waals surface area contributed by atoms with E-state index in [0.29, 0.717) is 41.7 Å². The summed E-state index contributed by atoms with van der Waals surface area (Å²) in [5, 5.41) is 23.7. The first-order valence-corrected chi connectivity index (χ1v) is 14.2. The van der Waals surface area contributed by atoms with E-state index in [1.54, 1.807) is 29.8 Å². The minimum atomic E-state index is -0.490. The van der Waals surface area contributed by atoms with E-state index < -0.39 is 5.54 Å². The minimum absolute atomic E-state index is 0.0242. The summed E-state index contributed by atoms with van der Waals surface area (Å²) in [4.78, 5) is 17.4. The summed E-state index contributed by atoms with van der Waals surface area (Å²) in [5.41, 5.74) is 5.81. The predicted molar refractivity (Wildman–Crippen MR) is 164 cm³/mol. The van der Waals surface area contributed by atoms with Gasteiger partial charge in [-0.15, -0.1) is 5.10 Å². The molecule has 0 spiro atoms. The van der Waals surface area contributed by atoms with E-state index in [4.69, 9.17) is 9.47 Å². The highest BCUT2D eigenvalue weighted by atomic mass is 19.1. The van der Waals surface area contributed by atoms with Crippen LogP contribution in [-0.4, -0.2) is 51.5 Å². The second-order valence-electron chi connectivity index (χ2n) is 11.1. The number of anilines is 2. The molecule has 0 saturated carbocycles. The van der Waals surface area contributed by atoms with E-state index in [9.17, 15) is 14.3 Å². The molecule has 1 amide bonds. The zero-order valence-electron chi connectivity index (χ0n) is 24.6. The maximum atomic E-state index is 13.2. The van der Waals surface area contributed by atoms with Crippen LogP contribution < -0.4 is 20.7 Å². The molecule has 226 valence electrons. The van der Waals surface area contributed by atoms with Gasteiger partial charge in [-0.3, -0.25) is 10.1 Å². The standard InChI is InChI=1S/C33H33FN6O4/c1-20-14-22(6-11-26(20)30(42)35-16-21-4-9-25(34)10-5-21)24-8-13-29-37-32(39-40(29)17-24)36-27-12-7-23(15-28(27)43-3)31-38-33(2,18-41)19-44-31/h4-15,17,31,38,41H,16,18-19H2,1-3H3,(H,35,42)(H,36,39). The topological polar surface area (TPSA) is 122 Å². The van der Waals surface area contributed by atoms with Crippen molar-refractivity contribution >= 4 is 23.2 Å². The molecule has 1 fully saturated rings. The summed E-state index contributed by atoms with van der Waals surface area (Å²) in [6, 6.07) is 21.2. The molecule has 44 heavy (non-hydrogen) atoms. The number of carbonyl (C=O) groups excluding carboxylic acids is 1. The van der Waals surface area contributed by atoms with Gasteiger partial charge in [-0.25, -0.2) is 8.91 Å². The summed E-state index contributed by atoms with van der Waals surface area (Å²) >= 11 is 0. The molecular formula is C33H33FN6O4. The van der Waals surface area contributed by atoms with E-state index in [-0.39, 0.29) is 24.6 Å². The average Bonchev–Trinajstić information content (AvgIpc) is 3.63. The Hall–Kier alpha value is -4.84. The second kappa shape index (κ2) is 12.0. The number of rotatable bonds is 9. The van der Waals surface area contributed by atoms with Gasteiger partial charge < -0.3 is 25.2 Å². The lowest BCUT2D eigenvalue weighted by Crippen LogP contribution is -2.43. The van der Waals surface area contributed by atoms with Crippen LogP contribution in [0.3, 0.4) is 0 Å². The molecule has 10 nitrogen and oxygen atoms in total. The Kier molecular flexibility index (Phi) is 8.00. The van der Waals surface area contributed by atoms with Crippen LogP contribution in [0.4, 0.5) is 16.0 Å².